The van der Waals surface area contributed by atoms with Gasteiger partial charge in [0.15, 0.2) is 5.72 Å². The first-order chi connectivity index (χ1) is 9.59. The molecule has 1 aliphatic rings. The minimum Gasteiger partial charge on any atom is -0.363 e. The van der Waals surface area contributed by atoms with E-state index in [1.165, 1.54) is 4.90 Å². The van der Waals surface area contributed by atoms with E-state index in [2.05, 4.69) is 0 Å². The van der Waals surface area contributed by atoms with Gasteiger partial charge in [0.05, 0.1) is 0 Å². The summed E-state index contributed by atoms with van der Waals surface area (Å²) >= 11 is 5.90. The molecule has 1 heterocycles. The van der Waals surface area contributed by atoms with Gasteiger partial charge in [-0.05, 0) is 25.1 Å². The maximum absolute atomic E-state index is 12.4. The van der Waals surface area contributed by atoms with Crippen molar-refractivity contribution in [3.05, 3.63) is 70.2 Å². The van der Waals surface area contributed by atoms with Crippen LogP contribution in [-0.2, 0) is 5.72 Å². The van der Waals surface area contributed by atoms with Gasteiger partial charge in [0, 0.05) is 28.3 Å². The molecule has 2 aromatic rings. The highest BCUT2D eigenvalue weighted by atomic mass is 35.5. The summed E-state index contributed by atoms with van der Waals surface area (Å²) < 4.78 is 0. The number of fused-ring (bicyclic) bond motifs is 1. The van der Waals surface area contributed by atoms with Gasteiger partial charge in [-0.25, -0.2) is 0 Å². The Kier molecular flexibility index (Phi) is 3.04. The first-order valence-corrected chi connectivity index (χ1v) is 6.86. The smallest absolute Gasteiger partial charge is 0.257 e. The van der Waals surface area contributed by atoms with Crippen molar-refractivity contribution in [2.45, 2.75) is 12.6 Å². The Morgan fingerprint density at radius 3 is 2.45 bits per heavy atom. The molecule has 1 amide bonds. The summed E-state index contributed by atoms with van der Waals surface area (Å²) in [6, 6.07) is 14.1. The maximum Gasteiger partial charge on any atom is 0.257 e. The van der Waals surface area contributed by atoms with Crippen molar-refractivity contribution in [1.29, 1.82) is 0 Å². The van der Waals surface area contributed by atoms with Gasteiger partial charge in [0.1, 0.15) is 0 Å². The first-order valence-electron chi connectivity index (χ1n) is 6.49. The van der Waals surface area contributed by atoms with Crippen molar-refractivity contribution in [3.8, 4) is 0 Å². The van der Waals surface area contributed by atoms with E-state index < -0.39 is 5.72 Å². The third kappa shape index (κ3) is 1.67. The fraction of sp³-hybridized carbons (Fsp3) is 0.188. The van der Waals surface area contributed by atoms with E-state index in [1.807, 2.05) is 13.0 Å². The predicted molar refractivity (Wildman–Crippen MR) is 77.6 cm³/mol. The van der Waals surface area contributed by atoms with Crippen LogP contribution in [0.2, 0.25) is 5.02 Å². The van der Waals surface area contributed by atoms with E-state index in [9.17, 15) is 9.90 Å². The van der Waals surface area contributed by atoms with E-state index in [1.54, 1.807) is 42.5 Å². The SMILES string of the molecule is CCN1C(=O)c2ccccc2[C@@]1(O)c1ccc(Cl)cc1. The number of hydrogen-bond acceptors (Lipinski definition) is 2. The Labute approximate surface area is 122 Å². The standard InChI is InChI=1S/C16H14ClNO2/c1-2-18-15(19)13-5-3-4-6-14(13)16(18,20)11-7-9-12(17)10-8-11/h3-10,20H,2H2,1H3/t16-/m0/s1. The molecule has 20 heavy (non-hydrogen) atoms. The molecular weight excluding hydrogens is 274 g/mol. The molecule has 0 saturated heterocycles. The summed E-state index contributed by atoms with van der Waals surface area (Å²) in [4.78, 5) is 13.9. The summed E-state index contributed by atoms with van der Waals surface area (Å²) in [6.07, 6.45) is 0. The van der Waals surface area contributed by atoms with Crippen LogP contribution in [-0.4, -0.2) is 22.5 Å². The second kappa shape index (κ2) is 4.62. The number of amides is 1. The van der Waals surface area contributed by atoms with Gasteiger partial charge in [-0.1, -0.05) is 41.9 Å². The molecule has 102 valence electrons. The fourth-order valence-electron chi connectivity index (χ4n) is 2.78. The molecule has 3 rings (SSSR count). The largest absolute Gasteiger partial charge is 0.363 e. The Bertz CT molecular complexity index is 668. The van der Waals surface area contributed by atoms with Gasteiger partial charge in [-0.3, -0.25) is 4.79 Å². The van der Waals surface area contributed by atoms with Crippen LogP contribution in [0.5, 0.6) is 0 Å². The Hall–Kier alpha value is -1.84. The lowest BCUT2D eigenvalue weighted by molar-refractivity contribution is -0.0474. The molecule has 1 aliphatic heterocycles. The van der Waals surface area contributed by atoms with Crippen molar-refractivity contribution in [2.24, 2.45) is 0 Å². The molecule has 0 bridgehead atoms. The minimum atomic E-state index is -1.42. The van der Waals surface area contributed by atoms with Crippen molar-refractivity contribution in [3.63, 3.8) is 0 Å². The maximum atomic E-state index is 12.4. The molecule has 0 unspecified atom stereocenters. The zero-order valence-electron chi connectivity index (χ0n) is 11.0. The summed E-state index contributed by atoms with van der Waals surface area (Å²) in [6.45, 7) is 2.28. The number of aliphatic hydroxyl groups is 1. The van der Waals surface area contributed by atoms with Crippen LogP contribution in [0.1, 0.15) is 28.4 Å². The highest BCUT2D eigenvalue weighted by Crippen LogP contribution is 2.41. The van der Waals surface area contributed by atoms with Crippen molar-refractivity contribution in [1.82, 2.24) is 4.90 Å². The van der Waals surface area contributed by atoms with Crippen LogP contribution in [0.25, 0.3) is 0 Å². The quantitative estimate of drug-likeness (QED) is 0.922. The van der Waals surface area contributed by atoms with Crippen molar-refractivity contribution >= 4 is 17.5 Å². The molecule has 1 N–H and O–H groups in total. The van der Waals surface area contributed by atoms with Crippen LogP contribution in [0.4, 0.5) is 0 Å². The van der Waals surface area contributed by atoms with Crippen LogP contribution in [0.15, 0.2) is 48.5 Å². The minimum absolute atomic E-state index is 0.152. The van der Waals surface area contributed by atoms with Gasteiger partial charge >= 0.3 is 0 Å². The summed E-state index contributed by atoms with van der Waals surface area (Å²) in [5.41, 5.74) is 0.385. The van der Waals surface area contributed by atoms with Gasteiger partial charge in [-0.2, -0.15) is 0 Å². The number of benzene rings is 2. The summed E-state index contributed by atoms with van der Waals surface area (Å²) in [7, 11) is 0. The molecule has 2 aromatic carbocycles. The number of carbonyl (C=O) groups excluding carboxylic acids is 1. The van der Waals surface area contributed by atoms with E-state index in [0.717, 1.165) is 0 Å². The average molecular weight is 288 g/mol. The van der Waals surface area contributed by atoms with E-state index in [4.69, 9.17) is 11.6 Å². The molecule has 0 fully saturated rings. The number of halogens is 1. The second-order valence-corrected chi connectivity index (χ2v) is 5.21. The van der Waals surface area contributed by atoms with Gasteiger partial charge in [0.25, 0.3) is 5.91 Å². The molecule has 0 aliphatic carbocycles. The van der Waals surface area contributed by atoms with Crippen LogP contribution >= 0.6 is 11.6 Å². The van der Waals surface area contributed by atoms with E-state index in [0.29, 0.717) is 28.3 Å². The normalized spacial score (nSPS) is 21.1. The van der Waals surface area contributed by atoms with Crippen LogP contribution < -0.4 is 0 Å². The summed E-state index contributed by atoms with van der Waals surface area (Å²) in [5.74, 6) is -0.152. The molecular formula is C16H14ClNO2. The van der Waals surface area contributed by atoms with Gasteiger partial charge in [-0.15, -0.1) is 0 Å². The molecule has 0 spiro atoms. The lowest BCUT2D eigenvalue weighted by Crippen LogP contribution is -2.44. The molecule has 1 atom stereocenters. The number of nitrogens with zero attached hydrogens (tertiary/aromatic N) is 1. The van der Waals surface area contributed by atoms with Crippen molar-refractivity contribution in [2.75, 3.05) is 6.54 Å². The second-order valence-electron chi connectivity index (χ2n) is 4.77. The van der Waals surface area contributed by atoms with Gasteiger partial charge in [0.2, 0.25) is 0 Å². The zero-order valence-corrected chi connectivity index (χ0v) is 11.8. The molecule has 0 saturated carbocycles. The molecule has 3 nitrogen and oxygen atoms in total. The monoisotopic (exact) mass is 287 g/mol. The zero-order chi connectivity index (χ0) is 14.3. The van der Waals surface area contributed by atoms with Gasteiger partial charge < -0.3 is 10.0 Å². The number of rotatable bonds is 2. The molecule has 4 heteroatoms. The highest BCUT2D eigenvalue weighted by molar-refractivity contribution is 6.30. The number of carbonyl (C=O) groups is 1. The third-order valence-corrected chi connectivity index (χ3v) is 3.98. The highest BCUT2D eigenvalue weighted by Gasteiger charge is 2.48. The number of hydrogen-bond donors (Lipinski definition) is 1. The fourth-order valence-corrected chi connectivity index (χ4v) is 2.90. The molecule has 0 aromatic heterocycles. The van der Waals surface area contributed by atoms with Crippen molar-refractivity contribution < 1.29 is 9.90 Å². The Morgan fingerprint density at radius 2 is 1.80 bits per heavy atom. The van der Waals surface area contributed by atoms with E-state index in [-0.39, 0.29) is 5.91 Å². The predicted octanol–water partition coefficient (Wildman–Crippen LogP) is 3.01. The summed E-state index contributed by atoms with van der Waals surface area (Å²) in [5, 5.41) is 11.8. The first kappa shape index (κ1) is 13.2. The Morgan fingerprint density at radius 1 is 1.15 bits per heavy atom. The average Bonchev–Trinajstić information content (AvgIpc) is 2.69. The van der Waals surface area contributed by atoms with E-state index >= 15 is 0 Å². The Balaban J connectivity index is 2.24. The topological polar surface area (TPSA) is 40.5 Å². The lowest BCUT2D eigenvalue weighted by atomic mass is 9.94. The lowest BCUT2D eigenvalue weighted by Gasteiger charge is -2.34. The van der Waals surface area contributed by atoms with Crippen LogP contribution in [0.3, 0.4) is 0 Å². The van der Waals surface area contributed by atoms with Crippen LogP contribution in [0, 0.1) is 0 Å². The third-order valence-electron chi connectivity index (χ3n) is 3.73. The molecule has 0 radical (unpaired) electrons.